The number of carboxylic acids is 1. The van der Waals surface area contributed by atoms with Gasteiger partial charge in [0.1, 0.15) is 0 Å². The molecule has 2 nitrogen and oxygen atoms in total. The van der Waals surface area contributed by atoms with Gasteiger partial charge in [0.15, 0.2) is 0 Å². The molecule has 0 atom stereocenters. The summed E-state index contributed by atoms with van der Waals surface area (Å²) in [6, 6.07) is 0. The van der Waals surface area contributed by atoms with E-state index in [9.17, 15) is 4.79 Å². The lowest BCUT2D eigenvalue weighted by molar-refractivity contribution is -0.132. The van der Waals surface area contributed by atoms with E-state index < -0.39 is 5.97 Å². The Morgan fingerprint density at radius 2 is 1.62 bits per heavy atom. The molecular formula is C14H26O2. The van der Waals surface area contributed by atoms with E-state index in [-0.39, 0.29) is 5.57 Å². The molecule has 2 heteroatoms. The van der Waals surface area contributed by atoms with Crippen molar-refractivity contribution in [2.24, 2.45) is 0 Å². The Labute approximate surface area is 100 Å². The van der Waals surface area contributed by atoms with Crippen LogP contribution in [0.1, 0.15) is 59.3 Å². The molecule has 1 N–H and O–H groups in total. The van der Waals surface area contributed by atoms with Crippen LogP contribution >= 0.6 is 0 Å². The van der Waals surface area contributed by atoms with Crippen molar-refractivity contribution in [2.45, 2.75) is 59.3 Å². The van der Waals surface area contributed by atoms with E-state index in [4.69, 9.17) is 5.11 Å². The molecule has 0 bridgehead atoms. The van der Waals surface area contributed by atoms with Gasteiger partial charge in [-0.2, -0.15) is 0 Å². The van der Waals surface area contributed by atoms with Crippen molar-refractivity contribution in [3.8, 4) is 0 Å². The summed E-state index contributed by atoms with van der Waals surface area (Å²) >= 11 is 0. The normalized spacial score (nSPS) is 9.69. The maximum Gasteiger partial charge on any atom is 0.330 e. The van der Waals surface area contributed by atoms with E-state index in [1.807, 2.05) is 0 Å². The standard InChI is InChI=1S/C10H20.C4H6O2/c1-3-5-7-9-10-8-6-4-2;1-3(2)4(5)6/h7,9H,3-6,8,10H2,1-2H3;1H2,2H3,(H,5,6). The second kappa shape index (κ2) is 13.9. The Kier molecular flexibility index (Phi) is 15.1. The van der Waals surface area contributed by atoms with Gasteiger partial charge in [-0.15, -0.1) is 0 Å². The number of hydrogen-bond donors (Lipinski definition) is 1. The van der Waals surface area contributed by atoms with Crippen LogP contribution in [0, 0.1) is 0 Å². The molecule has 0 spiro atoms. The molecule has 0 heterocycles. The van der Waals surface area contributed by atoms with Gasteiger partial charge in [-0.25, -0.2) is 4.79 Å². The molecule has 0 rings (SSSR count). The lowest BCUT2D eigenvalue weighted by Gasteiger charge is -1.90. The van der Waals surface area contributed by atoms with E-state index in [0.717, 1.165) is 0 Å². The van der Waals surface area contributed by atoms with Crippen LogP contribution in [0.4, 0.5) is 0 Å². The van der Waals surface area contributed by atoms with E-state index in [1.165, 1.54) is 45.4 Å². The number of aliphatic carboxylic acids is 1. The van der Waals surface area contributed by atoms with Gasteiger partial charge in [-0.3, -0.25) is 0 Å². The van der Waals surface area contributed by atoms with Gasteiger partial charge in [0.25, 0.3) is 0 Å². The molecular weight excluding hydrogens is 200 g/mol. The van der Waals surface area contributed by atoms with Gasteiger partial charge in [-0.1, -0.05) is 51.8 Å². The zero-order valence-electron chi connectivity index (χ0n) is 11.0. The number of allylic oxidation sites excluding steroid dienone is 2. The predicted molar refractivity (Wildman–Crippen MR) is 70.6 cm³/mol. The van der Waals surface area contributed by atoms with E-state index >= 15 is 0 Å². The number of carboxylic acid groups (broad SMARTS) is 1. The van der Waals surface area contributed by atoms with Crippen LogP contribution in [0.3, 0.4) is 0 Å². The van der Waals surface area contributed by atoms with Crippen LogP contribution in [0.25, 0.3) is 0 Å². The van der Waals surface area contributed by atoms with Crippen LogP contribution < -0.4 is 0 Å². The maximum atomic E-state index is 9.60. The summed E-state index contributed by atoms with van der Waals surface area (Å²) in [4.78, 5) is 9.60. The number of carbonyl (C=O) groups is 1. The van der Waals surface area contributed by atoms with Gasteiger partial charge in [0.05, 0.1) is 0 Å². The first kappa shape index (κ1) is 17.3. The Morgan fingerprint density at radius 1 is 1.12 bits per heavy atom. The fourth-order valence-corrected chi connectivity index (χ4v) is 0.915. The van der Waals surface area contributed by atoms with Crippen molar-refractivity contribution in [1.29, 1.82) is 0 Å². The highest BCUT2D eigenvalue weighted by molar-refractivity contribution is 5.84. The fraction of sp³-hybridized carbons (Fsp3) is 0.643. The Morgan fingerprint density at radius 3 is 2.00 bits per heavy atom. The van der Waals surface area contributed by atoms with Crippen LogP contribution in [0.2, 0.25) is 0 Å². The fourth-order valence-electron chi connectivity index (χ4n) is 0.915. The largest absolute Gasteiger partial charge is 0.478 e. The molecule has 94 valence electrons. The number of unbranched alkanes of at least 4 members (excludes halogenated alkanes) is 4. The van der Waals surface area contributed by atoms with Crippen molar-refractivity contribution in [1.82, 2.24) is 0 Å². The minimum absolute atomic E-state index is 0.176. The van der Waals surface area contributed by atoms with Crippen molar-refractivity contribution in [3.05, 3.63) is 24.3 Å². The Hall–Kier alpha value is -1.05. The summed E-state index contributed by atoms with van der Waals surface area (Å²) in [5.74, 6) is -0.935. The van der Waals surface area contributed by atoms with E-state index in [0.29, 0.717) is 0 Å². The van der Waals surface area contributed by atoms with E-state index in [1.54, 1.807) is 0 Å². The van der Waals surface area contributed by atoms with Gasteiger partial charge in [0.2, 0.25) is 0 Å². The molecule has 0 saturated carbocycles. The summed E-state index contributed by atoms with van der Waals surface area (Å²) in [5.41, 5.74) is 0.176. The molecule has 0 fully saturated rings. The average molecular weight is 226 g/mol. The van der Waals surface area contributed by atoms with Crippen molar-refractivity contribution < 1.29 is 9.90 Å². The molecule has 0 aliphatic carbocycles. The second-order valence-electron chi connectivity index (χ2n) is 3.84. The van der Waals surface area contributed by atoms with Crippen molar-refractivity contribution in [2.75, 3.05) is 0 Å². The van der Waals surface area contributed by atoms with Gasteiger partial charge in [-0.05, 0) is 26.2 Å². The topological polar surface area (TPSA) is 37.3 Å². The summed E-state index contributed by atoms with van der Waals surface area (Å²) in [5, 5.41) is 7.89. The van der Waals surface area contributed by atoms with Crippen LogP contribution in [-0.2, 0) is 4.79 Å². The van der Waals surface area contributed by atoms with Crippen LogP contribution in [0.5, 0.6) is 0 Å². The molecule has 0 saturated heterocycles. The SMILES string of the molecule is C=C(C)C(=O)O.CCCC=CCCCCC. The molecule has 0 aromatic rings. The summed E-state index contributed by atoms with van der Waals surface area (Å²) < 4.78 is 0. The first-order valence-electron chi connectivity index (χ1n) is 6.10. The first-order valence-corrected chi connectivity index (χ1v) is 6.10. The van der Waals surface area contributed by atoms with Gasteiger partial charge >= 0.3 is 5.97 Å². The average Bonchev–Trinajstić information content (AvgIpc) is 2.24. The zero-order valence-corrected chi connectivity index (χ0v) is 11.0. The van der Waals surface area contributed by atoms with E-state index in [2.05, 4.69) is 32.6 Å². The first-order chi connectivity index (χ1) is 7.56. The number of rotatable bonds is 7. The van der Waals surface area contributed by atoms with Gasteiger partial charge < -0.3 is 5.11 Å². The third kappa shape index (κ3) is 18.7. The molecule has 0 aliphatic heterocycles. The summed E-state index contributed by atoms with van der Waals surface area (Å²) in [6.07, 6.45) is 12.5. The molecule has 0 aromatic carbocycles. The molecule has 0 unspecified atom stereocenters. The maximum absolute atomic E-state index is 9.60. The highest BCUT2D eigenvalue weighted by Crippen LogP contribution is 2.00. The van der Waals surface area contributed by atoms with Crippen LogP contribution in [-0.4, -0.2) is 11.1 Å². The Bertz CT molecular complexity index is 193. The molecule has 0 amide bonds. The summed E-state index contributed by atoms with van der Waals surface area (Å²) in [7, 11) is 0. The number of hydrogen-bond acceptors (Lipinski definition) is 1. The quantitative estimate of drug-likeness (QED) is 0.392. The predicted octanol–water partition coefficient (Wildman–Crippen LogP) is 4.57. The molecule has 0 radical (unpaired) electrons. The smallest absolute Gasteiger partial charge is 0.330 e. The zero-order chi connectivity index (χ0) is 12.8. The monoisotopic (exact) mass is 226 g/mol. The third-order valence-electron chi connectivity index (χ3n) is 1.96. The highest BCUT2D eigenvalue weighted by Gasteiger charge is 1.90. The molecule has 0 aromatic heterocycles. The summed E-state index contributed by atoms with van der Waals surface area (Å²) in [6.45, 7) is 9.07. The minimum atomic E-state index is -0.935. The van der Waals surface area contributed by atoms with Crippen LogP contribution in [0.15, 0.2) is 24.3 Å². The van der Waals surface area contributed by atoms with Gasteiger partial charge in [0, 0.05) is 5.57 Å². The van der Waals surface area contributed by atoms with Crippen molar-refractivity contribution in [3.63, 3.8) is 0 Å². The lowest BCUT2D eigenvalue weighted by Crippen LogP contribution is -1.92. The second-order valence-corrected chi connectivity index (χ2v) is 3.84. The third-order valence-corrected chi connectivity index (χ3v) is 1.96. The molecule has 0 aliphatic rings. The molecule has 16 heavy (non-hydrogen) atoms. The highest BCUT2D eigenvalue weighted by atomic mass is 16.4. The van der Waals surface area contributed by atoms with Crippen molar-refractivity contribution >= 4 is 5.97 Å². The minimum Gasteiger partial charge on any atom is -0.478 e. The Balaban J connectivity index is 0. The lowest BCUT2D eigenvalue weighted by atomic mass is 10.2.